The van der Waals surface area contributed by atoms with Crippen LogP contribution < -0.4 is 5.32 Å². The molecule has 1 amide bonds. The van der Waals surface area contributed by atoms with Crippen molar-refractivity contribution < 1.29 is 4.79 Å². The summed E-state index contributed by atoms with van der Waals surface area (Å²) in [4.78, 5) is 14.6. The van der Waals surface area contributed by atoms with Crippen molar-refractivity contribution in [3.8, 4) is 0 Å². The van der Waals surface area contributed by atoms with Gasteiger partial charge >= 0.3 is 0 Å². The molecule has 0 radical (unpaired) electrons. The Balaban J connectivity index is 2.12. The van der Waals surface area contributed by atoms with Crippen LogP contribution in [0.2, 0.25) is 0 Å². The highest BCUT2D eigenvalue weighted by atomic mass is 16.2. The van der Waals surface area contributed by atoms with Crippen LogP contribution in [0.15, 0.2) is 24.3 Å². The highest BCUT2D eigenvalue weighted by Gasteiger charge is 2.27. The number of nitrogens with one attached hydrogen (secondary N) is 1. The van der Waals surface area contributed by atoms with Crippen LogP contribution in [0.3, 0.4) is 0 Å². The molecule has 104 valence electrons. The summed E-state index contributed by atoms with van der Waals surface area (Å²) < 4.78 is 0. The quantitative estimate of drug-likeness (QED) is 0.905. The van der Waals surface area contributed by atoms with Gasteiger partial charge in [0.2, 0.25) is 0 Å². The molecule has 1 saturated heterocycles. The summed E-state index contributed by atoms with van der Waals surface area (Å²) in [6.45, 7) is 9.08. The molecule has 1 aromatic carbocycles. The smallest absolute Gasteiger partial charge is 0.254 e. The van der Waals surface area contributed by atoms with Crippen LogP contribution in [0.5, 0.6) is 0 Å². The van der Waals surface area contributed by atoms with Gasteiger partial charge in [-0.2, -0.15) is 0 Å². The molecule has 1 aliphatic rings. The van der Waals surface area contributed by atoms with Crippen LogP contribution in [-0.2, 0) is 0 Å². The van der Waals surface area contributed by atoms with Gasteiger partial charge < -0.3 is 10.2 Å². The van der Waals surface area contributed by atoms with Gasteiger partial charge in [-0.15, -0.1) is 0 Å². The van der Waals surface area contributed by atoms with Gasteiger partial charge in [-0.1, -0.05) is 31.5 Å². The summed E-state index contributed by atoms with van der Waals surface area (Å²) >= 11 is 0. The number of hydrogen-bond acceptors (Lipinski definition) is 2. The van der Waals surface area contributed by atoms with Crippen molar-refractivity contribution in [2.75, 3.05) is 19.6 Å². The topological polar surface area (TPSA) is 32.3 Å². The average molecular weight is 260 g/mol. The minimum Gasteiger partial charge on any atom is -0.333 e. The number of hydrogen-bond donors (Lipinski definition) is 1. The summed E-state index contributed by atoms with van der Waals surface area (Å²) in [7, 11) is 0. The number of benzene rings is 1. The van der Waals surface area contributed by atoms with Crippen molar-refractivity contribution in [3.63, 3.8) is 0 Å². The molecule has 1 heterocycles. The van der Waals surface area contributed by atoms with Crippen molar-refractivity contribution in [1.82, 2.24) is 10.2 Å². The third-order valence-corrected chi connectivity index (χ3v) is 3.65. The van der Waals surface area contributed by atoms with E-state index in [2.05, 4.69) is 19.2 Å². The molecular formula is C16H24N2O. The maximum atomic E-state index is 12.6. The van der Waals surface area contributed by atoms with E-state index in [0.29, 0.717) is 12.0 Å². The SMILES string of the molecule is Cc1ccc(C(=O)N2CCNCC2CC(C)C)cc1. The molecule has 1 unspecified atom stereocenters. The molecule has 0 bridgehead atoms. The van der Waals surface area contributed by atoms with E-state index >= 15 is 0 Å². The fourth-order valence-corrected chi connectivity index (χ4v) is 2.65. The van der Waals surface area contributed by atoms with Crippen LogP contribution in [-0.4, -0.2) is 36.5 Å². The Morgan fingerprint density at radius 1 is 1.37 bits per heavy atom. The second-order valence-electron chi connectivity index (χ2n) is 5.85. The Hall–Kier alpha value is -1.35. The maximum absolute atomic E-state index is 12.6. The van der Waals surface area contributed by atoms with E-state index < -0.39 is 0 Å². The van der Waals surface area contributed by atoms with Crippen molar-refractivity contribution in [3.05, 3.63) is 35.4 Å². The lowest BCUT2D eigenvalue weighted by Gasteiger charge is -2.37. The van der Waals surface area contributed by atoms with Crippen molar-refractivity contribution >= 4 is 5.91 Å². The minimum absolute atomic E-state index is 0.173. The van der Waals surface area contributed by atoms with Crippen LogP contribution in [0.25, 0.3) is 0 Å². The zero-order valence-corrected chi connectivity index (χ0v) is 12.1. The number of aryl methyl sites for hydroxylation is 1. The third-order valence-electron chi connectivity index (χ3n) is 3.65. The predicted octanol–water partition coefficient (Wildman–Crippen LogP) is 2.46. The fraction of sp³-hybridized carbons (Fsp3) is 0.562. The van der Waals surface area contributed by atoms with Crippen molar-refractivity contribution in [2.45, 2.75) is 33.2 Å². The van der Waals surface area contributed by atoms with E-state index in [1.165, 1.54) is 5.56 Å². The zero-order valence-electron chi connectivity index (χ0n) is 12.1. The van der Waals surface area contributed by atoms with Gasteiger partial charge in [-0.05, 0) is 31.4 Å². The molecule has 0 aromatic heterocycles. The van der Waals surface area contributed by atoms with Gasteiger partial charge in [0.1, 0.15) is 0 Å². The monoisotopic (exact) mass is 260 g/mol. The van der Waals surface area contributed by atoms with Gasteiger partial charge in [0.05, 0.1) is 0 Å². The Bertz CT molecular complexity index is 425. The van der Waals surface area contributed by atoms with E-state index in [-0.39, 0.29) is 5.91 Å². The van der Waals surface area contributed by atoms with Gasteiger partial charge in [-0.3, -0.25) is 4.79 Å². The third kappa shape index (κ3) is 3.57. The lowest BCUT2D eigenvalue weighted by atomic mass is 9.99. The molecule has 1 aromatic rings. The molecular weight excluding hydrogens is 236 g/mol. The second kappa shape index (κ2) is 6.20. The highest BCUT2D eigenvalue weighted by Crippen LogP contribution is 2.17. The molecule has 3 heteroatoms. The standard InChI is InChI=1S/C16H24N2O/c1-12(2)10-15-11-17-8-9-18(15)16(19)14-6-4-13(3)5-7-14/h4-7,12,15,17H,8-11H2,1-3H3. The minimum atomic E-state index is 0.173. The van der Waals surface area contributed by atoms with Crippen LogP contribution in [0.4, 0.5) is 0 Å². The van der Waals surface area contributed by atoms with Crippen LogP contribution in [0.1, 0.15) is 36.2 Å². The van der Waals surface area contributed by atoms with E-state index in [4.69, 9.17) is 0 Å². The summed E-state index contributed by atoms with van der Waals surface area (Å²) in [6.07, 6.45) is 1.06. The van der Waals surface area contributed by atoms with Gasteiger partial charge in [0.15, 0.2) is 0 Å². The highest BCUT2D eigenvalue weighted by molar-refractivity contribution is 5.94. The molecule has 0 saturated carbocycles. The molecule has 1 fully saturated rings. The Labute approximate surface area is 116 Å². The molecule has 1 N–H and O–H groups in total. The molecule has 0 aliphatic carbocycles. The largest absolute Gasteiger partial charge is 0.333 e. The molecule has 3 nitrogen and oxygen atoms in total. The summed E-state index contributed by atoms with van der Waals surface area (Å²) in [5, 5.41) is 3.39. The molecule has 1 aliphatic heterocycles. The average Bonchev–Trinajstić information content (AvgIpc) is 2.39. The van der Waals surface area contributed by atoms with Crippen molar-refractivity contribution in [2.24, 2.45) is 5.92 Å². The van der Waals surface area contributed by atoms with Gasteiger partial charge in [0.25, 0.3) is 5.91 Å². The molecule has 1 atom stereocenters. The number of amides is 1. The van der Waals surface area contributed by atoms with E-state index in [0.717, 1.165) is 31.6 Å². The van der Waals surface area contributed by atoms with Gasteiger partial charge in [0, 0.05) is 31.2 Å². The normalized spacial score (nSPS) is 19.8. The van der Waals surface area contributed by atoms with Gasteiger partial charge in [-0.25, -0.2) is 0 Å². The number of piperazine rings is 1. The second-order valence-corrected chi connectivity index (χ2v) is 5.85. The Morgan fingerprint density at radius 3 is 2.68 bits per heavy atom. The number of carbonyl (C=O) groups is 1. The Morgan fingerprint density at radius 2 is 2.05 bits per heavy atom. The van der Waals surface area contributed by atoms with E-state index in [9.17, 15) is 4.79 Å². The summed E-state index contributed by atoms with van der Waals surface area (Å²) in [5.74, 6) is 0.783. The number of rotatable bonds is 3. The molecule has 19 heavy (non-hydrogen) atoms. The lowest BCUT2D eigenvalue weighted by Crippen LogP contribution is -2.54. The first kappa shape index (κ1) is 14.1. The number of nitrogens with zero attached hydrogens (tertiary/aromatic N) is 1. The van der Waals surface area contributed by atoms with E-state index in [1.807, 2.05) is 36.1 Å². The lowest BCUT2D eigenvalue weighted by molar-refractivity contribution is 0.0610. The number of carbonyl (C=O) groups excluding carboxylic acids is 1. The first-order valence-electron chi connectivity index (χ1n) is 7.16. The van der Waals surface area contributed by atoms with Crippen LogP contribution in [0, 0.1) is 12.8 Å². The first-order valence-corrected chi connectivity index (χ1v) is 7.16. The first-order chi connectivity index (χ1) is 9.08. The molecule has 0 spiro atoms. The Kier molecular flexibility index (Phi) is 4.59. The summed E-state index contributed by atoms with van der Waals surface area (Å²) in [6, 6.07) is 8.21. The van der Waals surface area contributed by atoms with Crippen molar-refractivity contribution in [1.29, 1.82) is 0 Å². The predicted molar refractivity (Wildman–Crippen MR) is 78.3 cm³/mol. The fourth-order valence-electron chi connectivity index (χ4n) is 2.65. The van der Waals surface area contributed by atoms with E-state index in [1.54, 1.807) is 0 Å². The summed E-state index contributed by atoms with van der Waals surface area (Å²) in [5.41, 5.74) is 2.00. The van der Waals surface area contributed by atoms with Crippen LogP contribution >= 0.6 is 0 Å². The zero-order chi connectivity index (χ0) is 13.8. The molecule has 2 rings (SSSR count). The maximum Gasteiger partial charge on any atom is 0.254 e.